The molecule has 6 rings (SSSR count). The lowest BCUT2D eigenvalue weighted by Crippen LogP contribution is -2.52. The second kappa shape index (κ2) is 9.48. The molecule has 2 aromatic heterocycles. The third-order valence-electron chi connectivity index (χ3n) is 8.08. The van der Waals surface area contributed by atoms with E-state index in [2.05, 4.69) is 66.7 Å². The predicted molar refractivity (Wildman–Crippen MR) is 139 cm³/mol. The molecule has 1 aromatic carbocycles. The van der Waals surface area contributed by atoms with Crippen molar-refractivity contribution < 1.29 is 0 Å². The van der Waals surface area contributed by atoms with Gasteiger partial charge in [-0.3, -0.25) is 0 Å². The molecular formula is C27H34N8. The molecule has 8 heteroatoms. The number of hydrogen-bond acceptors (Lipinski definition) is 7. The number of rotatable bonds is 5. The van der Waals surface area contributed by atoms with Gasteiger partial charge in [-0.15, -0.1) is 0 Å². The van der Waals surface area contributed by atoms with Crippen molar-refractivity contribution in [1.82, 2.24) is 24.3 Å². The van der Waals surface area contributed by atoms with Crippen LogP contribution < -0.4 is 9.80 Å². The van der Waals surface area contributed by atoms with E-state index in [0.717, 1.165) is 75.3 Å². The molecule has 0 radical (unpaired) electrons. The van der Waals surface area contributed by atoms with Crippen LogP contribution in [0.5, 0.6) is 0 Å². The molecule has 0 aliphatic carbocycles. The van der Waals surface area contributed by atoms with Crippen LogP contribution in [0.15, 0.2) is 42.9 Å². The Bertz CT molecular complexity index is 1190. The average molecular weight is 471 g/mol. The Kier molecular flexibility index (Phi) is 6.05. The predicted octanol–water partition coefficient (Wildman–Crippen LogP) is 2.83. The van der Waals surface area contributed by atoms with Crippen LogP contribution in [-0.4, -0.2) is 90.3 Å². The van der Waals surface area contributed by atoms with Gasteiger partial charge in [0.15, 0.2) is 0 Å². The van der Waals surface area contributed by atoms with Crippen molar-refractivity contribution in [3.8, 4) is 6.07 Å². The summed E-state index contributed by atoms with van der Waals surface area (Å²) in [4.78, 5) is 19.2. The van der Waals surface area contributed by atoms with Gasteiger partial charge in [0, 0.05) is 82.7 Å². The van der Waals surface area contributed by atoms with Crippen molar-refractivity contribution in [2.45, 2.75) is 18.9 Å². The first-order chi connectivity index (χ1) is 17.2. The highest BCUT2D eigenvalue weighted by Crippen LogP contribution is 2.32. The largest absolute Gasteiger partial charge is 0.371 e. The van der Waals surface area contributed by atoms with Crippen LogP contribution in [0, 0.1) is 17.2 Å². The van der Waals surface area contributed by atoms with Gasteiger partial charge in [0.25, 0.3) is 0 Å². The summed E-state index contributed by atoms with van der Waals surface area (Å²) in [5.41, 5.74) is 3.05. The molecule has 0 unspecified atom stereocenters. The Morgan fingerprint density at radius 1 is 0.914 bits per heavy atom. The number of nitrogens with zero attached hydrogens (tertiary/aromatic N) is 8. The van der Waals surface area contributed by atoms with Gasteiger partial charge < -0.3 is 24.2 Å². The number of benzene rings is 1. The molecule has 3 saturated heterocycles. The SMILES string of the molecule is CN1CCN(c2ncnc3c2ccn3C2CCN(CC3CN(c4ccc(C#N)cc4)C3)CC2)CC1. The molecule has 182 valence electrons. The molecule has 3 aliphatic heterocycles. The quantitative estimate of drug-likeness (QED) is 0.568. The van der Waals surface area contributed by atoms with E-state index >= 15 is 0 Å². The minimum Gasteiger partial charge on any atom is -0.371 e. The first-order valence-corrected chi connectivity index (χ1v) is 12.9. The van der Waals surface area contributed by atoms with Crippen LogP contribution in [0.2, 0.25) is 0 Å². The van der Waals surface area contributed by atoms with Gasteiger partial charge in [-0.05, 0) is 50.2 Å². The summed E-state index contributed by atoms with van der Waals surface area (Å²) in [5.74, 6) is 1.82. The molecular weight excluding hydrogens is 436 g/mol. The fraction of sp³-hybridized carbons (Fsp3) is 0.519. The van der Waals surface area contributed by atoms with Gasteiger partial charge in [-0.25, -0.2) is 9.97 Å². The van der Waals surface area contributed by atoms with E-state index < -0.39 is 0 Å². The Morgan fingerprint density at radius 3 is 2.37 bits per heavy atom. The first-order valence-electron chi connectivity index (χ1n) is 12.9. The second-order valence-corrected chi connectivity index (χ2v) is 10.4. The fourth-order valence-corrected chi connectivity index (χ4v) is 5.91. The number of piperazine rings is 1. The van der Waals surface area contributed by atoms with E-state index in [0.29, 0.717) is 6.04 Å². The number of aromatic nitrogens is 3. The summed E-state index contributed by atoms with van der Waals surface area (Å²) in [7, 11) is 2.19. The summed E-state index contributed by atoms with van der Waals surface area (Å²) in [6, 6.07) is 12.9. The average Bonchev–Trinajstić information content (AvgIpc) is 3.31. The Morgan fingerprint density at radius 2 is 1.66 bits per heavy atom. The summed E-state index contributed by atoms with van der Waals surface area (Å²) in [5, 5.41) is 10.2. The van der Waals surface area contributed by atoms with Gasteiger partial charge in [0.05, 0.1) is 17.0 Å². The van der Waals surface area contributed by atoms with Crippen molar-refractivity contribution >= 4 is 22.5 Å². The molecule has 0 saturated carbocycles. The maximum absolute atomic E-state index is 8.99. The summed E-state index contributed by atoms with van der Waals surface area (Å²) >= 11 is 0. The van der Waals surface area contributed by atoms with Gasteiger partial charge in [0.2, 0.25) is 0 Å². The van der Waals surface area contributed by atoms with Gasteiger partial charge in [-0.2, -0.15) is 5.26 Å². The highest BCUT2D eigenvalue weighted by Gasteiger charge is 2.31. The van der Waals surface area contributed by atoms with Crippen LogP contribution >= 0.6 is 0 Å². The molecule has 8 nitrogen and oxygen atoms in total. The van der Waals surface area contributed by atoms with E-state index in [1.807, 2.05) is 12.1 Å². The van der Waals surface area contributed by atoms with Gasteiger partial charge in [0.1, 0.15) is 17.8 Å². The van der Waals surface area contributed by atoms with E-state index in [9.17, 15) is 0 Å². The zero-order valence-electron chi connectivity index (χ0n) is 20.6. The summed E-state index contributed by atoms with van der Waals surface area (Å²) in [6.07, 6.45) is 6.33. The number of nitriles is 1. The molecule has 0 atom stereocenters. The number of anilines is 2. The monoisotopic (exact) mass is 470 g/mol. The fourth-order valence-electron chi connectivity index (χ4n) is 5.91. The highest BCUT2D eigenvalue weighted by atomic mass is 15.3. The Balaban J connectivity index is 1.04. The van der Waals surface area contributed by atoms with Crippen molar-refractivity contribution in [3.63, 3.8) is 0 Å². The molecule has 3 aromatic rings. The second-order valence-electron chi connectivity index (χ2n) is 10.4. The molecule has 3 aliphatic rings. The summed E-state index contributed by atoms with van der Waals surface area (Å²) < 4.78 is 2.41. The van der Waals surface area contributed by atoms with E-state index in [-0.39, 0.29) is 0 Å². The minimum absolute atomic E-state index is 0.510. The molecule has 35 heavy (non-hydrogen) atoms. The van der Waals surface area contributed by atoms with Crippen LogP contribution in [0.1, 0.15) is 24.4 Å². The van der Waals surface area contributed by atoms with Crippen molar-refractivity contribution in [1.29, 1.82) is 5.26 Å². The lowest BCUT2D eigenvalue weighted by atomic mass is 9.96. The lowest BCUT2D eigenvalue weighted by molar-refractivity contribution is 0.153. The topological polar surface area (TPSA) is 67.5 Å². The van der Waals surface area contributed by atoms with Crippen LogP contribution in [0.3, 0.4) is 0 Å². The number of hydrogen-bond donors (Lipinski definition) is 0. The zero-order valence-corrected chi connectivity index (χ0v) is 20.6. The Hall–Kier alpha value is -3.15. The number of likely N-dealkylation sites (N-methyl/N-ethyl adjacent to an activating group) is 1. The molecule has 0 N–H and O–H groups in total. The molecule has 5 heterocycles. The Labute approximate surface area is 207 Å². The standard InChI is InChI=1S/C27H34N8/c1-31-12-14-33(15-13-31)26-25-8-11-35(27(25)30-20-29-26)24-6-9-32(10-7-24)17-22-18-34(19-22)23-4-2-21(16-28)3-5-23/h2-5,8,11,20,22,24H,6-7,9-10,12-15,17-19H2,1H3. The zero-order chi connectivity index (χ0) is 23.8. The third-order valence-corrected chi connectivity index (χ3v) is 8.08. The maximum Gasteiger partial charge on any atom is 0.145 e. The molecule has 0 spiro atoms. The van der Waals surface area contributed by atoms with Crippen LogP contribution in [-0.2, 0) is 0 Å². The van der Waals surface area contributed by atoms with E-state index in [1.54, 1.807) is 6.33 Å². The summed E-state index contributed by atoms with van der Waals surface area (Å²) in [6.45, 7) is 9.91. The third kappa shape index (κ3) is 4.46. The van der Waals surface area contributed by atoms with Crippen molar-refractivity contribution in [2.75, 3.05) is 75.8 Å². The molecule has 3 fully saturated rings. The van der Waals surface area contributed by atoms with Crippen molar-refractivity contribution in [3.05, 3.63) is 48.4 Å². The normalized spacial score (nSPS) is 20.8. The smallest absolute Gasteiger partial charge is 0.145 e. The van der Waals surface area contributed by atoms with Crippen LogP contribution in [0.25, 0.3) is 11.0 Å². The maximum atomic E-state index is 8.99. The van der Waals surface area contributed by atoms with E-state index in [4.69, 9.17) is 10.2 Å². The van der Waals surface area contributed by atoms with Gasteiger partial charge >= 0.3 is 0 Å². The highest BCUT2D eigenvalue weighted by molar-refractivity contribution is 5.88. The molecule has 0 bridgehead atoms. The molecule has 0 amide bonds. The number of likely N-dealkylation sites (tertiary alicyclic amines) is 1. The van der Waals surface area contributed by atoms with Crippen molar-refractivity contribution in [2.24, 2.45) is 5.92 Å². The van der Waals surface area contributed by atoms with E-state index in [1.165, 1.54) is 30.5 Å². The number of fused-ring (bicyclic) bond motifs is 1. The van der Waals surface area contributed by atoms with Gasteiger partial charge in [-0.1, -0.05) is 0 Å². The number of piperidine rings is 1. The van der Waals surface area contributed by atoms with Crippen LogP contribution in [0.4, 0.5) is 11.5 Å². The first kappa shape index (κ1) is 22.3. The minimum atomic E-state index is 0.510. The lowest BCUT2D eigenvalue weighted by Gasteiger charge is -2.44.